The summed E-state index contributed by atoms with van der Waals surface area (Å²) >= 11 is 0. The Morgan fingerprint density at radius 3 is 2.75 bits per heavy atom. The molecule has 0 saturated carbocycles. The van der Waals surface area contributed by atoms with E-state index in [0.717, 1.165) is 24.3 Å². The number of carbonyl (C=O) groups excluding carboxylic acids is 1. The molecule has 0 bridgehead atoms. The third-order valence-corrected chi connectivity index (χ3v) is 4.00. The molecule has 1 saturated heterocycles. The van der Waals surface area contributed by atoms with Crippen molar-refractivity contribution in [3.05, 3.63) is 42.4 Å². The fourth-order valence-corrected chi connectivity index (χ4v) is 2.83. The van der Waals surface area contributed by atoms with Gasteiger partial charge in [0, 0.05) is 6.54 Å². The molecule has 24 heavy (non-hydrogen) atoms. The predicted molar refractivity (Wildman–Crippen MR) is 87.8 cm³/mol. The van der Waals surface area contributed by atoms with Crippen LogP contribution >= 0.6 is 0 Å². The second-order valence-corrected chi connectivity index (χ2v) is 5.51. The molecule has 1 aliphatic rings. The van der Waals surface area contributed by atoms with Gasteiger partial charge in [-0.3, -0.25) is 9.78 Å². The van der Waals surface area contributed by atoms with Crippen LogP contribution in [0.5, 0.6) is 17.4 Å². The molecule has 126 valence electrons. The molecular formula is C17H20N4O3. The van der Waals surface area contributed by atoms with Crippen molar-refractivity contribution in [3.8, 4) is 17.4 Å². The molecule has 2 heterocycles. The molecule has 2 aromatic rings. The number of hydrogen-bond donors (Lipinski definition) is 1. The second kappa shape index (κ2) is 7.27. The zero-order chi connectivity index (χ0) is 16.9. The summed E-state index contributed by atoms with van der Waals surface area (Å²) in [6.45, 7) is 0.706. The number of benzene rings is 1. The van der Waals surface area contributed by atoms with Gasteiger partial charge in [-0.2, -0.15) is 0 Å². The Morgan fingerprint density at radius 2 is 2.04 bits per heavy atom. The highest BCUT2D eigenvalue weighted by Crippen LogP contribution is 2.31. The van der Waals surface area contributed by atoms with Crippen LogP contribution in [0.1, 0.15) is 24.6 Å². The molecule has 0 spiro atoms. The van der Waals surface area contributed by atoms with Crippen molar-refractivity contribution in [1.82, 2.24) is 14.9 Å². The van der Waals surface area contributed by atoms with E-state index in [9.17, 15) is 4.79 Å². The molecule has 0 radical (unpaired) electrons. The van der Waals surface area contributed by atoms with Gasteiger partial charge < -0.3 is 20.1 Å². The number of nitrogens with zero attached hydrogens (tertiary/aromatic N) is 3. The molecule has 7 nitrogen and oxygen atoms in total. The van der Waals surface area contributed by atoms with Crippen molar-refractivity contribution in [3.63, 3.8) is 0 Å². The van der Waals surface area contributed by atoms with Gasteiger partial charge in [-0.1, -0.05) is 0 Å². The Morgan fingerprint density at radius 1 is 1.29 bits per heavy atom. The number of rotatable bonds is 5. The minimum atomic E-state index is -0.0898. The largest absolute Gasteiger partial charge is 0.497 e. The zero-order valence-corrected chi connectivity index (χ0v) is 13.5. The Labute approximate surface area is 140 Å². The first kappa shape index (κ1) is 16.2. The van der Waals surface area contributed by atoms with Gasteiger partial charge in [-0.25, -0.2) is 4.98 Å². The van der Waals surface area contributed by atoms with Gasteiger partial charge in [0.2, 0.25) is 11.8 Å². The summed E-state index contributed by atoms with van der Waals surface area (Å²) in [5.41, 5.74) is 6.21. The zero-order valence-electron chi connectivity index (χ0n) is 13.5. The Balaban J connectivity index is 1.77. The number of nitrogens with two attached hydrogens (primary N) is 1. The maximum atomic E-state index is 11.9. The van der Waals surface area contributed by atoms with E-state index in [-0.39, 0.29) is 18.5 Å². The van der Waals surface area contributed by atoms with E-state index in [0.29, 0.717) is 18.2 Å². The maximum absolute atomic E-state index is 11.9. The predicted octanol–water partition coefficient (Wildman–Crippen LogP) is 1.90. The molecule has 3 rings (SSSR count). The van der Waals surface area contributed by atoms with Gasteiger partial charge in [-0.05, 0) is 37.1 Å². The van der Waals surface area contributed by atoms with Crippen molar-refractivity contribution < 1.29 is 14.3 Å². The van der Waals surface area contributed by atoms with E-state index in [1.165, 1.54) is 0 Å². The van der Waals surface area contributed by atoms with Crippen LogP contribution in [-0.4, -0.2) is 41.0 Å². The number of likely N-dealkylation sites (tertiary alicyclic amines) is 1. The number of carbonyl (C=O) groups is 1. The molecule has 1 atom stereocenters. The van der Waals surface area contributed by atoms with E-state index in [4.69, 9.17) is 15.2 Å². The molecule has 1 amide bonds. The summed E-state index contributed by atoms with van der Waals surface area (Å²) in [5.74, 6) is 1.72. The lowest BCUT2D eigenvalue weighted by Crippen LogP contribution is -2.35. The van der Waals surface area contributed by atoms with E-state index in [1.807, 2.05) is 12.1 Å². The summed E-state index contributed by atoms with van der Waals surface area (Å²) in [5, 5.41) is 0. The van der Waals surface area contributed by atoms with E-state index in [2.05, 4.69) is 9.97 Å². The van der Waals surface area contributed by atoms with Crippen molar-refractivity contribution in [2.24, 2.45) is 5.73 Å². The van der Waals surface area contributed by atoms with Crippen LogP contribution in [0.3, 0.4) is 0 Å². The fourth-order valence-electron chi connectivity index (χ4n) is 2.83. The number of hydrogen-bond acceptors (Lipinski definition) is 6. The summed E-state index contributed by atoms with van der Waals surface area (Å²) in [7, 11) is 1.61. The third kappa shape index (κ3) is 3.46. The van der Waals surface area contributed by atoms with Crippen molar-refractivity contribution in [2.75, 3.05) is 20.2 Å². The summed E-state index contributed by atoms with van der Waals surface area (Å²) in [6, 6.07) is 7.13. The maximum Gasteiger partial charge on any atom is 0.238 e. The third-order valence-electron chi connectivity index (χ3n) is 4.00. The SMILES string of the molecule is COc1ccc(Oc2cncc([C@@H]3CCCN3C(=O)CN)n2)cc1. The number of amides is 1. The standard InChI is InChI=1S/C17H20N4O3/c1-23-12-4-6-13(7-5-12)24-16-11-19-10-14(20-16)15-3-2-8-21(15)17(22)9-18/h4-7,10-11,15H,2-3,8-9,18H2,1H3/t15-/m0/s1. The van der Waals surface area contributed by atoms with Gasteiger partial charge in [-0.15, -0.1) is 0 Å². The molecule has 1 aromatic carbocycles. The highest BCUT2D eigenvalue weighted by Gasteiger charge is 2.30. The quantitative estimate of drug-likeness (QED) is 0.901. The Hall–Kier alpha value is -2.67. The molecule has 1 aromatic heterocycles. The molecule has 0 aliphatic carbocycles. The monoisotopic (exact) mass is 328 g/mol. The second-order valence-electron chi connectivity index (χ2n) is 5.51. The van der Waals surface area contributed by atoms with Crippen LogP contribution in [0.2, 0.25) is 0 Å². The van der Waals surface area contributed by atoms with Crippen LogP contribution in [-0.2, 0) is 4.79 Å². The smallest absolute Gasteiger partial charge is 0.238 e. The van der Waals surface area contributed by atoms with Crippen LogP contribution in [0, 0.1) is 0 Å². The van der Waals surface area contributed by atoms with Gasteiger partial charge in [0.25, 0.3) is 0 Å². The van der Waals surface area contributed by atoms with E-state index in [1.54, 1.807) is 36.5 Å². The van der Waals surface area contributed by atoms with Crippen LogP contribution < -0.4 is 15.2 Å². The lowest BCUT2D eigenvalue weighted by Gasteiger charge is -2.23. The van der Waals surface area contributed by atoms with Crippen molar-refractivity contribution in [1.29, 1.82) is 0 Å². The average molecular weight is 328 g/mol. The average Bonchev–Trinajstić information content (AvgIpc) is 3.12. The number of ether oxygens (including phenoxy) is 2. The highest BCUT2D eigenvalue weighted by molar-refractivity contribution is 5.78. The first-order chi connectivity index (χ1) is 11.7. The molecule has 0 unspecified atom stereocenters. The van der Waals surface area contributed by atoms with Crippen molar-refractivity contribution in [2.45, 2.75) is 18.9 Å². The molecule has 1 fully saturated rings. The molecular weight excluding hydrogens is 308 g/mol. The molecule has 1 aliphatic heterocycles. The normalized spacial score (nSPS) is 16.9. The molecule has 7 heteroatoms. The number of methoxy groups -OCH3 is 1. The lowest BCUT2D eigenvalue weighted by molar-refractivity contribution is -0.130. The van der Waals surface area contributed by atoms with Gasteiger partial charge in [0.1, 0.15) is 11.5 Å². The van der Waals surface area contributed by atoms with Gasteiger partial charge in [0.15, 0.2) is 0 Å². The summed E-state index contributed by atoms with van der Waals surface area (Å²) in [4.78, 5) is 22.4. The summed E-state index contributed by atoms with van der Waals surface area (Å²) in [6.07, 6.45) is 5.01. The van der Waals surface area contributed by atoms with Gasteiger partial charge in [0.05, 0.1) is 37.8 Å². The Bertz CT molecular complexity index is 705. The van der Waals surface area contributed by atoms with Crippen molar-refractivity contribution >= 4 is 5.91 Å². The molecule has 2 N–H and O–H groups in total. The van der Waals surface area contributed by atoms with E-state index >= 15 is 0 Å². The first-order valence-electron chi connectivity index (χ1n) is 7.84. The van der Waals surface area contributed by atoms with Crippen LogP contribution in [0.15, 0.2) is 36.7 Å². The minimum absolute atomic E-state index is 0.00592. The number of aromatic nitrogens is 2. The minimum Gasteiger partial charge on any atom is -0.497 e. The van der Waals surface area contributed by atoms with E-state index < -0.39 is 0 Å². The fraction of sp³-hybridized carbons (Fsp3) is 0.353. The van der Waals surface area contributed by atoms with Crippen LogP contribution in [0.4, 0.5) is 0 Å². The highest BCUT2D eigenvalue weighted by atomic mass is 16.5. The lowest BCUT2D eigenvalue weighted by atomic mass is 10.1. The topological polar surface area (TPSA) is 90.6 Å². The Kier molecular flexibility index (Phi) is 4.90. The van der Waals surface area contributed by atoms with Crippen LogP contribution in [0.25, 0.3) is 0 Å². The first-order valence-corrected chi connectivity index (χ1v) is 7.84. The summed E-state index contributed by atoms with van der Waals surface area (Å²) < 4.78 is 10.9. The van der Waals surface area contributed by atoms with Gasteiger partial charge >= 0.3 is 0 Å².